The number of hydrogen-bond donors (Lipinski definition) is 1. The van der Waals surface area contributed by atoms with Crippen LogP contribution in [0, 0.1) is 5.92 Å². The van der Waals surface area contributed by atoms with E-state index in [1.165, 1.54) is 6.07 Å². The Hall–Kier alpha value is -2.08. The van der Waals surface area contributed by atoms with E-state index in [-0.39, 0.29) is 23.6 Å². The molecule has 1 atom stereocenters. The van der Waals surface area contributed by atoms with E-state index >= 15 is 0 Å². The number of hydrogen-bond acceptors (Lipinski definition) is 4. The van der Waals surface area contributed by atoms with Gasteiger partial charge >= 0.3 is 0 Å². The highest BCUT2D eigenvalue weighted by Gasteiger charge is 2.31. The van der Waals surface area contributed by atoms with Gasteiger partial charge in [-0.25, -0.2) is 0 Å². The summed E-state index contributed by atoms with van der Waals surface area (Å²) >= 11 is 5.85. The zero-order chi connectivity index (χ0) is 14.0. The normalized spacial score (nSPS) is 18.5. The van der Waals surface area contributed by atoms with Crippen molar-refractivity contribution in [3.05, 3.63) is 34.9 Å². The summed E-state index contributed by atoms with van der Waals surface area (Å²) in [6.45, 7) is -0.0998. The third-order valence-corrected chi connectivity index (χ3v) is 3.14. The number of halogens is 1. The van der Waals surface area contributed by atoms with Gasteiger partial charge in [-0.3, -0.25) is 20.0 Å². The molecule has 6 nitrogen and oxygen atoms in total. The van der Waals surface area contributed by atoms with E-state index in [1.54, 1.807) is 18.2 Å². The molecule has 1 aromatic carbocycles. The second-order valence-corrected chi connectivity index (χ2v) is 4.55. The number of carbonyl (C=O) groups excluding carboxylic acids is 3. The van der Waals surface area contributed by atoms with Crippen LogP contribution >= 0.6 is 11.6 Å². The Balaban J connectivity index is 2.06. The first-order valence-corrected chi connectivity index (χ1v) is 5.93. The summed E-state index contributed by atoms with van der Waals surface area (Å²) in [4.78, 5) is 34.1. The maximum atomic E-state index is 11.9. The van der Waals surface area contributed by atoms with Crippen LogP contribution in [-0.2, 0) is 9.59 Å². The van der Waals surface area contributed by atoms with Crippen molar-refractivity contribution in [1.82, 2.24) is 10.4 Å². The Bertz CT molecular complexity index is 546. The molecule has 0 bridgehead atoms. The minimum atomic E-state index is -1.30. The van der Waals surface area contributed by atoms with E-state index < -0.39 is 23.7 Å². The fourth-order valence-corrected chi connectivity index (χ4v) is 2.02. The lowest BCUT2D eigenvalue weighted by atomic mass is 10.1. The van der Waals surface area contributed by atoms with E-state index in [2.05, 4.69) is 5.43 Å². The first kappa shape index (κ1) is 13.4. The van der Waals surface area contributed by atoms with Crippen LogP contribution in [0.5, 0.6) is 0 Å². The highest BCUT2D eigenvalue weighted by molar-refractivity contribution is 6.33. The fourth-order valence-electron chi connectivity index (χ4n) is 1.80. The highest BCUT2D eigenvalue weighted by Crippen LogP contribution is 2.18. The number of carboxylic acids is 1. The molecule has 0 unspecified atom stereocenters. The van der Waals surface area contributed by atoms with Gasteiger partial charge in [-0.05, 0) is 12.1 Å². The summed E-state index contributed by atoms with van der Waals surface area (Å²) in [6.07, 6.45) is -0.175. The summed E-state index contributed by atoms with van der Waals surface area (Å²) in [5, 5.41) is 11.9. The number of amides is 2. The zero-order valence-electron chi connectivity index (χ0n) is 9.76. The van der Waals surface area contributed by atoms with Gasteiger partial charge < -0.3 is 9.90 Å². The third kappa shape index (κ3) is 2.85. The molecule has 2 rings (SSSR count). The number of benzene rings is 1. The number of nitrogens with one attached hydrogen (secondary N) is 1. The SMILES string of the molecule is O=C(NN1C[C@@H](C(=O)[O-])CC1=O)c1ccccc1Cl. The Labute approximate surface area is 113 Å². The molecule has 19 heavy (non-hydrogen) atoms. The summed E-state index contributed by atoms with van der Waals surface area (Å²) in [5.74, 6) is -3.23. The Morgan fingerprint density at radius 1 is 1.37 bits per heavy atom. The van der Waals surface area contributed by atoms with E-state index in [0.29, 0.717) is 0 Å². The first-order chi connectivity index (χ1) is 8.99. The van der Waals surface area contributed by atoms with Gasteiger partial charge in [0.2, 0.25) is 5.91 Å². The van der Waals surface area contributed by atoms with Crippen LogP contribution in [-0.4, -0.2) is 29.3 Å². The quantitative estimate of drug-likeness (QED) is 0.815. The number of carboxylic acid groups (broad SMARTS) is 1. The van der Waals surface area contributed by atoms with Crippen molar-refractivity contribution in [2.45, 2.75) is 6.42 Å². The average Bonchev–Trinajstić information content (AvgIpc) is 2.71. The topological polar surface area (TPSA) is 89.5 Å². The van der Waals surface area contributed by atoms with Gasteiger partial charge in [0.15, 0.2) is 0 Å². The molecule has 1 saturated heterocycles. The smallest absolute Gasteiger partial charge is 0.271 e. The fraction of sp³-hybridized carbons (Fsp3) is 0.250. The molecular formula is C12H10ClN2O4-. The van der Waals surface area contributed by atoms with Gasteiger partial charge in [-0.2, -0.15) is 0 Å². The van der Waals surface area contributed by atoms with Gasteiger partial charge in [0, 0.05) is 18.3 Å². The van der Waals surface area contributed by atoms with Crippen LogP contribution in [0.4, 0.5) is 0 Å². The number of rotatable bonds is 3. The number of nitrogens with zero attached hydrogens (tertiary/aromatic N) is 1. The minimum Gasteiger partial charge on any atom is -0.550 e. The molecule has 1 fully saturated rings. The van der Waals surface area contributed by atoms with Crippen LogP contribution in [0.3, 0.4) is 0 Å². The molecule has 7 heteroatoms. The van der Waals surface area contributed by atoms with Crippen molar-refractivity contribution in [1.29, 1.82) is 0 Å². The lowest BCUT2D eigenvalue weighted by Crippen LogP contribution is -2.44. The molecule has 0 aliphatic carbocycles. The number of aliphatic carboxylic acids is 1. The molecule has 100 valence electrons. The monoisotopic (exact) mass is 281 g/mol. The highest BCUT2D eigenvalue weighted by atomic mass is 35.5. The lowest BCUT2D eigenvalue weighted by Gasteiger charge is -2.18. The van der Waals surface area contributed by atoms with E-state index in [0.717, 1.165) is 5.01 Å². The molecular weight excluding hydrogens is 272 g/mol. The van der Waals surface area contributed by atoms with E-state index in [1.807, 2.05) is 0 Å². The molecule has 1 aliphatic heterocycles. The largest absolute Gasteiger partial charge is 0.550 e. The summed E-state index contributed by atoms with van der Waals surface area (Å²) < 4.78 is 0. The standard InChI is InChI=1S/C12H11ClN2O4/c13-9-4-2-1-3-8(9)11(17)14-15-6-7(12(18)19)5-10(15)16/h1-4,7H,5-6H2,(H,14,17)(H,18,19)/p-1/t7-/m0/s1. The molecule has 1 aromatic rings. The second-order valence-electron chi connectivity index (χ2n) is 4.15. The molecule has 0 aromatic heterocycles. The molecule has 0 spiro atoms. The summed E-state index contributed by atoms with van der Waals surface area (Å²) in [5.41, 5.74) is 2.56. The minimum absolute atomic E-state index is 0.0998. The van der Waals surface area contributed by atoms with Crippen molar-refractivity contribution in [2.24, 2.45) is 5.92 Å². The van der Waals surface area contributed by atoms with E-state index in [9.17, 15) is 19.5 Å². The van der Waals surface area contributed by atoms with Crippen LogP contribution in [0.2, 0.25) is 5.02 Å². The van der Waals surface area contributed by atoms with Crippen molar-refractivity contribution in [3.8, 4) is 0 Å². The molecule has 1 aliphatic rings. The zero-order valence-corrected chi connectivity index (χ0v) is 10.5. The molecule has 0 saturated carbocycles. The summed E-state index contributed by atoms with van der Waals surface area (Å²) in [6, 6.07) is 6.36. The molecule has 1 heterocycles. The first-order valence-electron chi connectivity index (χ1n) is 5.55. The second kappa shape index (κ2) is 5.27. The van der Waals surface area contributed by atoms with Crippen molar-refractivity contribution in [3.63, 3.8) is 0 Å². The molecule has 0 radical (unpaired) electrons. The maximum Gasteiger partial charge on any atom is 0.271 e. The number of carbonyl (C=O) groups is 3. The third-order valence-electron chi connectivity index (χ3n) is 2.81. The maximum absolute atomic E-state index is 11.9. The Morgan fingerprint density at radius 3 is 2.63 bits per heavy atom. The van der Waals surface area contributed by atoms with Gasteiger partial charge in [0.1, 0.15) is 0 Å². The van der Waals surface area contributed by atoms with Crippen molar-refractivity contribution < 1.29 is 19.5 Å². The van der Waals surface area contributed by atoms with Gasteiger partial charge in [-0.15, -0.1) is 0 Å². The van der Waals surface area contributed by atoms with E-state index in [4.69, 9.17) is 11.6 Å². The van der Waals surface area contributed by atoms with Gasteiger partial charge in [0.05, 0.1) is 17.1 Å². The Kier molecular flexibility index (Phi) is 3.71. The van der Waals surface area contributed by atoms with Crippen LogP contribution < -0.4 is 10.5 Å². The Morgan fingerprint density at radius 2 is 2.05 bits per heavy atom. The van der Waals surface area contributed by atoms with Crippen molar-refractivity contribution in [2.75, 3.05) is 6.54 Å². The summed E-state index contributed by atoms with van der Waals surface area (Å²) in [7, 11) is 0. The van der Waals surface area contributed by atoms with Gasteiger partial charge in [0.25, 0.3) is 5.91 Å². The van der Waals surface area contributed by atoms with Gasteiger partial charge in [-0.1, -0.05) is 23.7 Å². The molecule has 1 N–H and O–H groups in total. The average molecular weight is 282 g/mol. The van der Waals surface area contributed by atoms with Crippen LogP contribution in [0.1, 0.15) is 16.8 Å². The van der Waals surface area contributed by atoms with Crippen LogP contribution in [0.25, 0.3) is 0 Å². The lowest BCUT2D eigenvalue weighted by molar-refractivity contribution is -0.311. The predicted molar refractivity (Wildman–Crippen MR) is 63.7 cm³/mol. The molecule has 2 amide bonds. The predicted octanol–water partition coefficient (Wildman–Crippen LogP) is -0.417. The van der Waals surface area contributed by atoms with Crippen molar-refractivity contribution >= 4 is 29.4 Å². The number of hydrazine groups is 1. The van der Waals surface area contributed by atoms with Crippen LogP contribution in [0.15, 0.2) is 24.3 Å².